The number of hydrogen-bond donors (Lipinski definition) is 0. The van der Waals surface area contributed by atoms with Crippen LogP contribution < -0.4 is 0 Å². The Kier molecular flexibility index (Phi) is 12.6. The number of rotatable bonds is 10. The number of halogens is 3. The van der Waals surface area contributed by atoms with Crippen molar-refractivity contribution < 1.29 is 9.53 Å². The minimum atomic E-state index is -0.396. The topological polar surface area (TPSA) is 29.5 Å². The van der Waals surface area contributed by atoms with Gasteiger partial charge in [-0.15, -0.1) is 12.4 Å². The molecule has 0 fully saturated rings. The zero-order valence-electron chi connectivity index (χ0n) is 13.8. The van der Waals surface area contributed by atoms with Crippen LogP contribution in [0.2, 0.25) is 10.0 Å². The van der Waals surface area contributed by atoms with Gasteiger partial charge in [-0.3, -0.25) is 4.90 Å². The summed E-state index contributed by atoms with van der Waals surface area (Å²) in [4.78, 5) is 14.4. The van der Waals surface area contributed by atoms with Gasteiger partial charge in [0.05, 0.1) is 10.6 Å². The van der Waals surface area contributed by atoms with E-state index in [1.165, 1.54) is 25.7 Å². The van der Waals surface area contributed by atoms with Crippen LogP contribution in [0.1, 0.15) is 49.9 Å². The lowest BCUT2D eigenvalue weighted by Crippen LogP contribution is -2.30. The highest BCUT2D eigenvalue weighted by Crippen LogP contribution is 2.21. The van der Waals surface area contributed by atoms with Gasteiger partial charge in [0.2, 0.25) is 0 Å². The molecule has 0 bridgehead atoms. The van der Waals surface area contributed by atoms with Crippen molar-refractivity contribution in [2.24, 2.45) is 0 Å². The van der Waals surface area contributed by atoms with Gasteiger partial charge >= 0.3 is 5.97 Å². The van der Waals surface area contributed by atoms with Crippen LogP contribution in [-0.2, 0) is 4.74 Å². The van der Waals surface area contributed by atoms with Crippen molar-refractivity contribution in [1.29, 1.82) is 0 Å². The zero-order valence-corrected chi connectivity index (χ0v) is 16.1. The first kappa shape index (κ1) is 22.5. The van der Waals surface area contributed by atoms with Crippen LogP contribution >= 0.6 is 35.6 Å². The fourth-order valence-electron chi connectivity index (χ4n) is 2.10. The van der Waals surface area contributed by atoms with Crippen molar-refractivity contribution in [2.75, 3.05) is 26.2 Å². The second-order valence-electron chi connectivity index (χ2n) is 5.31. The van der Waals surface area contributed by atoms with Crippen LogP contribution in [0.15, 0.2) is 18.2 Å². The largest absolute Gasteiger partial charge is 0.461 e. The molecule has 0 atom stereocenters. The maximum absolute atomic E-state index is 12.0. The van der Waals surface area contributed by atoms with Gasteiger partial charge < -0.3 is 4.74 Å². The van der Waals surface area contributed by atoms with Crippen molar-refractivity contribution in [2.45, 2.75) is 39.5 Å². The average molecular weight is 383 g/mol. The van der Waals surface area contributed by atoms with Gasteiger partial charge in [-0.1, -0.05) is 49.9 Å². The number of esters is 1. The van der Waals surface area contributed by atoms with E-state index in [0.717, 1.165) is 19.6 Å². The summed E-state index contributed by atoms with van der Waals surface area (Å²) in [5, 5.41) is 0.832. The number of hydrogen-bond acceptors (Lipinski definition) is 3. The number of nitrogens with zero attached hydrogens (tertiary/aromatic N) is 1. The summed E-state index contributed by atoms with van der Waals surface area (Å²) in [6.45, 7) is 7.61. The molecule has 23 heavy (non-hydrogen) atoms. The van der Waals surface area contributed by atoms with Crippen LogP contribution in [0.25, 0.3) is 0 Å². The lowest BCUT2D eigenvalue weighted by atomic mass is 10.2. The monoisotopic (exact) mass is 381 g/mol. The van der Waals surface area contributed by atoms with E-state index in [2.05, 4.69) is 18.7 Å². The van der Waals surface area contributed by atoms with Gasteiger partial charge in [0.15, 0.2) is 0 Å². The number of ether oxygens (including phenoxy) is 1. The maximum Gasteiger partial charge on any atom is 0.339 e. The number of carbonyl (C=O) groups excluding carboxylic acids is 1. The highest BCUT2D eigenvalue weighted by atomic mass is 35.5. The molecular formula is C17H26Cl3NO2. The highest BCUT2D eigenvalue weighted by Gasteiger charge is 2.13. The lowest BCUT2D eigenvalue weighted by molar-refractivity contribution is 0.0460. The van der Waals surface area contributed by atoms with E-state index >= 15 is 0 Å². The quantitative estimate of drug-likeness (QED) is 0.502. The Bertz CT molecular complexity index is 461. The fraction of sp³-hybridized carbons (Fsp3) is 0.588. The molecule has 0 aliphatic rings. The Morgan fingerprint density at radius 1 is 1.09 bits per heavy atom. The number of carbonyl (C=O) groups is 1. The Labute approximate surface area is 155 Å². The van der Waals surface area contributed by atoms with Crippen LogP contribution in [0.4, 0.5) is 0 Å². The minimum Gasteiger partial charge on any atom is -0.461 e. The summed E-state index contributed by atoms with van der Waals surface area (Å²) in [6, 6.07) is 4.78. The second-order valence-corrected chi connectivity index (χ2v) is 6.15. The first-order valence-corrected chi connectivity index (χ1v) is 8.68. The zero-order chi connectivity index (χ0) is 16.4. The van der Waals surface area contributed by atoms with Gasteiger partial charge in [-0.25, -0.2) is 4.79 Å². The molecule has 132 valence electrons. The number of benzene rings is 1. The van der Waals surface area contributed by atoms with E-state index in [-0.39, 0.29) is 12.4 Å². The predicted molar refractivity (Wildman–Crippen MR) is 100 cm³/mol. The average Bonchev–Trinajstić information content (AvgIpc) is 2.49. The van der Waals surface area contributed by atoms with E-state index in [4.69, 9.17) is 27.9 Å². The van der Waals surface area contributed by atoms with Crippen molar-refractivity contribution in [1.82, 2.24) is 4.90 Å². The third kappa shape index (κ3) is 8.80. The second kappa shape index (κ2) is 12.9. The van der Waals surface area contributed by atoms with E-state index in [0.29, 0.717) is 22.2 Å². The Morgan fingerprint density at radius 3 is 2.22 bits per heavy atom. The lowest BCUT2D eigenvalue weighted by Gasteiger charge is -2.21. The van der Waals surface area contributed by atoms with Gasteiger partial charge in [-0.05, 0) is 44.1 Å². The van der Waals surface area contributed by atoms with Crippen molar-refractivity contribution in [3.63, 3.8) is 0 Å². The Morgan fingerprint density at radius 2 is 1.70 bits per heavy atom. The van der Waals surface area contributed by atoms with E-state index in [1.54, 1.807) is 18.2 Å². The Balaban J connectivity index is 0.00000484. The third-order valence-electron chi connectivity index (χ3n) is 3.45. The molecule has 0 amide bonds. The molecule has 0 aliphatic heterocycles. The van der Waals surface area contributed by atoms with Gasteiger partial charge in [-0.2, -0.15) is 0 Å². The molecule has 0 aliphatic carbocycles. The first-order valence-electron chi connectivity index (χ1n) is 7.93. The molecule has 0 saturated carbocycles. The van der Waals surface area contributed by atoms with Crippen LogP contribution in [0.3, 0.4) is 0 Å². The molecule has 0 saturated heterocycles. The summed E-state index contributed by atoms with van der Waals surface area (Å²) >= 11 is 11.8. The number of unbranched alkanes of at least 4 members (excludes halogenated alkanes) is 2. The molecule has 6 heteroatoms. The van der Waals surface area contributed by atoms with Crippen LogP contribution in [-0.4, -0.2) is 37.1 Å². The smallest absolute Gasteiger partial charge is 0.339 e. The standard InChI is InChI=1S/C17H25Cl2NO2.ClH/c1-3-5-9-20(10-6-4-2)11-12-22-17(21)15-8-7-14(18)13-16(15)19;/h7-8,13H,3-6,9-12H2,1-2H3;1H. The maximum atomic E-state index is 12.0. The van der Waals surface area contributed by atoms with Gasteiger partial charge in [0.1, 0.15) is 6.61 Å². The summed E-state index contributed by atoms with van der Waals surface area (Å²) < 4.78 is 5.33. The summed E-state index contributed by atoms with van der Waals surface area (Å²) in [7, 11) is 0. The Hall–Kier alpha value is -0.480. The summed E-state index contributed by atoms with van der Waals surface area (Å²) in [6.07, 6.45) is 4.67. The molecule has 1 aromatic rings. The van der Waals surface area contributed by atoms with E-state index in [1.807, 2.05) is 0 Å². The van der Waals surface area contributed by atoms with Gasteiger partial charge in [0.25, 0.3) is 0 Å². The molecular weight excluding hydrogens is 357 g/mol. The van der Waals surface area contributed by atoms with Crippen LogP contribution in [0, 0.1) is 0 Å². The SMILES string of the molecule is CCCCN(CCCC)CCOC(=O)c1ccc(Cl)cc1Cl.Cl. The molecule has 0 radical (unpaired) electrons. The molecule has 1 rings (SSSR count). The predicted octanol–water partition coefficient (Wildman–Crippen LogP) is 5.47. The molecule has 0 aromatic heterocycles. The van der Waals surface area contributed by atoms with E-state index in [9.17, 15) is 4.79 Å². The fourth-order valence-corrected chi connectivity index (χ4v) is 2.58. The molecule has 3 nitrogen and oxygen atoms in total. The molecule has 0 N–H and O–H groups in total. The van der Waals surface area contributed by atoms with Crippen molar-refractivity contribution in [3.8, 4) is 0 Å². The van der Waals surface area contributed by atoms with Gasteiger partial charge in [0, 0.05) is 11.6 Å². The highest BCUT2D eigenvalue weighted by molar-refractivity contribution is 6.36. The molecule has 0 unspecified atom stereocenters. The van der Waals surface area contributed by atoms with Crippen molar-refractivity contribution in [3.05, 3.63) is 33.8 Å². The van der Waals surface area contributed by atoms with Crippen molar-refractivity contribution >= 4 is 41.6 Å². The molecule has 0 spiro atoms. The third-order valence-corrected chi connectivity index (χ3v) is 4.00. The summed E-state index contributed by atoms with van der Waals surface area (Å²) in [5.41, 5.74) is 0.361. The molecule has 0 heterocycles. The van der Waals surface area contributed by atoms with Crippen LogP contribution in [0.5, 0.6) is 0 Å². The normalized spacial score (nSPS) is 10.5. The van der Waals surface area contributed by atoms with E-state index < -0.39 is 5.97 Å². The summed E-state index contributed by atoms with van der Waals surface area (Å²) in [5.74, 6) is -0.396. The minimum absolute atomic E-state index is 0. The molecule has 1 aromatic carbocycles. The first-order chi connectivity index (χ1) is 10.6.